The summed E-state index contributed by atoms with van der Waals surface area (Å²) in [6.45, 7) is 6.82. The van der Waals surface area contributed by atoms with Crippen LogP contribution in [0.3, 0.4) is 0 Å². The van der Waals surface area contributed by atoms with E-state index in [9.17, 15) is 4.79 Å². The van der Waals surface area contributed by atoms with Crippen LogP contribution in [0.4, 0.5) is 0 Å². The monoisotopic (exact) mass is 321 g/mol. The first-order chi connectivity index (χ1) is 7.79. The number of carbonyl (C=O) groups is 1. The summed E-state index contributed by atoms with van der Waals surface area (Å²) in [6.07, 6.45) is 2.31. The van der Waals surface area contributed by atoms with E-state index in [2.05, 4.69) is 42.0 Å². The summed E-state index contributed by atoms with van der Waals surface area (Å²) in [4.78, 5) is 11.7. The number of nitrogens with one attached hydrogen (secondary N) is 1. The molecule has 0 fully saturated rings. The molecule has 0 aliphatic rings. The average molecular weight is 323 g/mol. The van der Waals surface area contributed by atoms with Crippen LogP contribution in [-0.4, -0.2) is 17.8 Å². The lowest BCUT2D eigenvalue weighted by Crippen LogP contribution is -2.31. The SMILES string of the molecule is CC(C)(C)CC(Cl)CNC(=O)c1ccoc1Br. The van der Waals surface area contributed by atoms with Crippen LogP contribution in [0.5, 0.6) is 0 Å². The Morgan fingerprint density at radius 1 is 1.59 bits per heavy atom. The second-order valence-electron chi connectivity index (χ2n) is 5.18. The van der Waals surface area contributed by atoms with Crippen LogP contribution in [0.25, 0.3) is 0 Å². The molecule has 3 nitrogen and oxygen atoms in total. The highest BCUT2D eigenvalue weighted by molar-refractivity contribution is 9.10. The minimum absolute atomic E-state index is 0.0652. The number of halogens is 2. The fourth-order valence-electron chi connectivity index (χ4n) is 1.49. The molecule has 5 heteroatoms. The van der Waals surface area contributed by atoms with E-state index in [-0.39, 0.29) is 16.7 Å². The molecule has 0 spiro atoms. The largest absolute Gasteiger partial charge is 0.457 e. The third kappa shape index (κ3) is 5.13. The van der Waals surface area contributed by atoms with Crippen LogP contribution >= 0.6 is 27.5 Å². The van der Waals surface area contributed by atoms with E-state index in [0.717, 1.165) is 6.42 Å². The minimum Gasteiger partial charge on any atom is -0.457 e. The number of hydrogen-bond donors (Lipinski definition) is 1. The van der Waals surface area contributed by atoms with Crippen LogP contribution in [0.2, 0.25) is 0 Å². The molecule has 1 atom stereocenters. The van der Waals surface area contributed by atoms with Crippen molar-refractivity contribution in [2.24, 2.45) is 5.41 Å². The van der Waals surface area contributed by atoms with E-state index in [1.54, 1.807) is 6.07 Å². The topological polar surface area (TPSA) is 42.2 Å². The van der Waals surface area contributed by atoms with E-state index in [1.165, 1.54) is 6.26 Å². The van der Waals surface area contributed by atoms with Gasteiger partial charge in [0.1, 0.15) is 0 Å². The predicted molar refractivity (Wildman–Crippen MR) is 72.5 cm³/mol. The van der Waals surface area contributed by atoms with Crippen molar-refractivity contribution in [1.29, 1.82) is 0 Å². The second kappa shape index (κ2) is 5.91. The maximum Gasteiger partial charge on any atom is 0.255 e. The summed E-state index contributed by atoms with van der Waals surface area (Å²) in [5.41, 5.74) is 0.650. The number of hydrogen-bond acceptors (Lipinski definition) is 2. The molecule has 1 rings (SSSR count). The van der Waals surface area contributed by atoms with Crippen LogP contribution in [0, 0.1) is 5.41 Å². The molecule has 1 aromatic heterocycles. The van der Waals surface area contributed by atoms with E-state index < -0.39 is 0 Å². The van der Waals surface area contributed by atoms with Crippen molar-refractivity contribution in [3.8, 4) is 0 Å². The van der Waals surface area contributed by atoms with Gasteiger partial charge in [0.2, 0.25) is 0 Å². The Balaban J connectivity index is 2.42. The van der Waals surface area contributed by atoms with E-state index in [0.29, 0.717) is 16.8 Å². The zero-order chi connectivity index (χ0) is 13.1. The summed E-state index contributed by atoms with van der Waals surface area (Å²) in [7, 11) is 0. The molecule has 1 aromatic rings. The number of alkyl halides is 1. The van der Waals surface area contributed by atoms with Crippen molar-refractivity contribution in [3.63, 3.8) is 0 Å². The average Bonchev–Trinajstić information content (AvgIpc) is 2.58. The number of amides is 1. The highest BCUT2D eigenvalue weighted by atomic mass is 79.9. The normalized spacial score (nSPS) is 13.5. The molecule has 1 unspecified atom stereocenters. The van der Waals surface area contributed by atoms with Gasteiger partial charge in [-0.2, -0.15) is 0 Å². The van der Waals surface area contributed by atoms with Crippen LogP contribution < -0.4 is 5.32 Å². The summed E-state index contributed by atoms with van der Waals surface area (Å²) < 4.78 is 5.44. The standard InChI is InChI=1S/C12H17BrClNO2/c1-12(2,3)6-8(14)7-15-11(16)9-4-5-17-10(9)13/h4-5,8H,6-7H2,1-3H3,(H,15,16). The van der Waals surface area contributed by atoms with Crippen LogP contribution in [0.1, 0.15) is 37.6 Å². The van der Waals surface area contributed by atoms with Gasteiger partial charge in [-0.1, -0.05) is 20.8 Å². The van der Waals surface area contributed by atoms with Gasteiger partial charge in [-0.05, 0) is 33.8 Å². The highest BCUT2D eigenvalue weighted by Gasteiger charge is 2.18. The predicted octanol–water partition coefficient (Wildman–Crippen LogP) is 3.82. The van der Waals surface area contributed by atoms with Crippen molar-refractivity contribution in [2.75, 3.05) is 6.54 Å². The smallest absolute Gasteiger partial charge is 0.255 e. The molecule has 96 valence electrons. The lowest BCUT2D eigenvalue weighted by atomic mass is 9.90. The molecule has 0 radical (unpaired) electrons. The Morgan fingerprint density at radius 2 is 2.24 bits per heavy atom. The van der Waals surface area contributed by atoms with Crippen molar-refractivity contribution in [3.05, 3.63) is 22.6 Å². The van der Waals surface area contributed by atoms with Crippen LogP contribution in [0.15, 0.2) is 21.4 Å². The molecule has 0 saturated heterocycles. The molecule has 0 aliphatic carbocycles. The van der Waals surface area contributed by atoms with E-state index >= 15 is 0 Å². The Morgan fingerprint density at radius 3 is 2.71 bits per heavy atom. The molecule has 0 aromatic carbocycles. The molecular formula is C12H17BrClNO2. The van der Waals surface area contributed by atoms with E-state index in [1.807, 2.05) is 0 Å². The van der Waals surface area contributed by atoms with Gasteiger partial charge >= 0.3 is 0 Å². The molecule has 1 N–H and O–H groups in total. The van der Waals surface area contributed by atoms with Crippen molar-refractivity contribution >= 4 is 33.4 Å². The van der Waals surface area contributed by atoms with Gasteiger partial charge in [0.05, 0.1) is 17.2 Å². The van der Waals surface area contributed by atoms with E-state index in [4.69, 9.17) is 16.0 Å². The molecule has 0 aliphatic heterocycles. The van der Waals surface area contributed by atoms with Gasteiger partial charge in [0.25, 0.3) is 5.91 Å². The zero-order valence-electron chi connectivity index (χ0n) is 10.2. The molecule has 0 saturated carbocycles. The van der Waals surface area contributed by atoms with Gasteiger partial charge in [0.15, 0.2) is 4.67 Å². The molecule has 1 amide bonds. The van der Waals surface area contributed by atoms with Gasteiger partial charge in [-0.25, -0.2) is 0 Å². The molecular weight excluding hydrogens is 305 g/mol. The fourth-order valence-corrected chi connectivity index (χ4v) is 2.45. The van der Waals surface area contributed by atoms with Gasteiger partial charge in [-0.15, -0.1) is 11.6 Å². The van der Waals surface area contributed by atoms with Crippen LogP contribution in [-0.2, 0) is 0 Å². The first-order valence-electron chi connectivity index (χ1n) is 5.45. The van der Waals surface area contributed by atoms with Gasteiger partial charge in [-0.3, -0.25) is 4.79 Å². The summed E-state index contributed by atoms with van der Waals surface area (Å²) in [5, 5.41) is 2.72. The number of carbonyl (C=O) groups excluding carboxylic acids is 1. The first-order valence-corrected chi connectivity index (χ1v) is 6.68. The molecule has 0 bridgehead atoms. The van der Waals surface area contributed by atoms with Gasteiger partial charge < -0.3 is 9.73 Å². The molecule has 17 heavy (non-hydrogen) atoms. The summed E-state index contributed by atoms with van der Waals surface area (Å²) in [5.74, 6) is -0.176. The van der Waals surface area contributed by atoms with Crippen molar-refractivity contribution in [1.82, 2.24) is 5.32 Å². The third-order valence-corrected chi connectivity index (χ3v) is 3.10. The summed E-state index contributed by atoms with van der Waals surface area (Å²) in [6, 6.07) is 1.62. The second-order valence-corrected chi connectivity index (χ2v) is 6.52. The Labute approximate surface area is 115 Å². The van der Waals surface area contributed by atoms with Crippen molar-refractivity contribution in [2.45, 2.75) is 32.6 Å². The van der Waals surface area contributed by atoms with Gasteiger partial charge in [0, 0.05) is 6.54 Å². The minimum atomic E-state index is -0.176. The maximum atomic E-state index is 11.7. The Bertz CT molecular complexity index is 384. The zero-order valence-corrected chi connectivity index (χ0v) is 12.6. The fraction of sp³-hybridized carbons (Fsp3) is 0.583. The Hall–Kier alpha value is -0.480. The first kappa shape index (κ1) is 14.6. The third-order valence-electron chi connectivity index (χ3n) is 2.18. The van der Waals surface area contributed by atoms with Crippen molar-refractivity contribution < 1.29 is 9.21 Å². The maximum absolute atomic E-state index is 11.7. The number of furan rings is 1. The lowest BCUT2D eigenvalue weighted by molar-refractivity contribution is 0.0950. The summed E-state index contributed by atoms with van der Waals surface area (Å²) >= 11 is 9.32. The Kier molecular flexibility index (Phi) is 5.07. The highest BCUT2D eigenvalue weighted by Crippen LogP contribution is 2.23. The quantitative estimate of drug-likeness (QED) is 0.856. The molecule has 1 heterocycles. The lowest BCUT2D eigenvalue weighted by Gasteiger charge is -2.21. The number of rotatable bonds is 4.